The van der Waals surface area contributed by atoms with Gasteiger partial charge in [-0.2, -0.15) is 0 Å². The number of carboxylic acids is 1. The largest absolute Gasteiger partial charge is 0.477 e. The average Bonchev–Trinajstić information content (AvgIpc) is 3.57. The Labute approximate surface area is 534 Å². The zero-order valence-electron chi connectivity index (χ0n) is 56.1. The van der Waals surface area contributed by atoms with E-state index in [0.29, 0.717) is 17.4 Å². The van der Waals surface area contributed by atoms with Gasteiger partial charge in [0.2, 0.25) is 0 Å². The van der Waals surface area contributed by atoms with E-state index in [0.717, 1.165) is 141 Å². The van der Waals surface area contributed by atoms with Crippen molar-refractivity contribution in [1.29, 1.82) is 0 Å². The lowest BCUT2D eigenvalue weighted by Crippen LogP contribution is -2.40. The van der Waals surface area contributed by atoms with E-state index < -0.39 is 24.3 Å². The second-order valence-electron chi connectivity index (χ2n) is 23.7. The van der Waals surface area contributed by atoms with Gasteiger partial charge >= 0.3 is 17.9 Å². The van der Waals surface area contributed by atoms with Gasteiger partial charge in [-0.25, -0.2) is 4.79 Å². The summed E-state index contributed by atoms with van der Waals surface area (Å²) in [5.74, 6) is -2.04. The molecule has 0 saturated carbocycles. The molecule has 0 aromatic rings. The number of carboxylic acid groups (broad SMARTS) is 1. The quantitative estimate of drug-likeness (QED) is 0.0211. The Kier molecular flexibility index (Phi) is 62.9. The van der Waals surface area contributed by atoms with Crippen LogP contribution in [0, 0.1) is 0 Å². The van der Waals surface area contributed by atoms with Crippen LogP contribution < -0.4 is 0 Å². The lowest BCUT2D eigenvalue weighted by Gasteiger charge is -2.25. The number of aliphatic carboxylic acids is 1. The molecule has 2 unspecified atom stereocenters. The molecule has 0 bridgehead atoms. The standard InChI is InChI=1S/C78H127NO8/c1-6-8-10-12-14-16-18-20-22-24-26-28-30-32-33-34-35-36-37-38-39-40-41-42-43-45-47-49-51-53-55-57-59-61-63-65-67-69-76(81)87-74(73-86-78(77(82)83)84-71-70-79(3,4)5)72-85-75(80)68-66-64-62-60-58-56-54-52-50-48-46-44-31-29-27-25-23-21-19-17-15-13-11-9-7-2/h8,10,14,16,19-22,25-28,31-33,35-36,38-39,41-42,44-45,47,51,53,74,78H,6-7,9,11-13,15,17-18,23-24,29-30,34,37,40,43,46,48-50,52,54-73H2,1-5H3/p+1/b10-8-,16-14-,21-19-,22-20-,27-25-,28-26-,33-32-,36-35-,39-38-,42-41-,44-31-,47-45-,53-51-. The highest BCUT2D eigenvalue weighted by atomic mass is 16.7. The number of likely N-dealkylation sites (N-methyl/N-ethyl adjacent to an activating group) is 1. The molecular weight excluding hydrogens is 1080 g/mol. The first-order valence-corrected chi connectivity index (χ1v) is 34.6. The van der Waals surface area contributed by atoms with Gasteiger partial charge in [0.05, 0.1) is 34.4 Å². The van der Waals surface area contributed by atoms with E-state index in [2.05, 4.69) is 172 Å². The van der Waals surface area contributed by atoms with Crippen LogP contribution in [0.3, 0.4) is 0 Å². The first kappa shape index (κ1) is 81.9. The van der Waals surface area contributed by atoms with E-state index >= 15 is 0 Å². The van der Waals surface area contributed by atoms with Crippen molar-refractivity contribution >= 4 is 17.9 Å². The summed E-state index contributed by atoms with van der Waals surface area (Å²) in [7, 11) is 5.96. The van der Waals surface area contributed by atoms with E-state index in [-0.39, 0.29) is 38.6 Å². The van der Waals surface area contributed by atoms with Crippen molar-refractivity contribution in [2.24, 2.45) is 0 Å². The van der Waals surface area contributed by atoms with Crippen LogP contribution >= 0.6 is 0 Å². The predicted octanol–water partition coefficient (Wildman–Crippen LogP) is 21.7. The monoisotopic (exact) mass is 1210 g/mol. The third kappa shape index (κ3) is 68.3. The van der Waals surface area contributed by atoms with Crippen LogP contribution in [0.25, 0.3) is 0 Å². The molecule has 1 N–H and O–H groups in total. The fourth-order valence-corrected chi connectivity index (χ4v) is 8.99. The molecule has 0 aromatic heterocycles. The predicted molar refractivity (Wildman–Crippen MR) is 373 cm³/mol. The molecule has 2 atom stereocenters. The molecule has 0 spiro atoms. The summed E-state index contributed by atoms with van der Waals surface area (Å²) in [6, 6.07) is 0. The fraction of sp³-hybridized carbons (Fsp3) is 0.628. The average molecular weight is 1210 g/mol. The first-order chi connectivity index (χ1) is 42.6. The summed E-state index contributed by atoms with van der Waals surface area (Å²) in [5, 5.41) is 9.74. The molecule has 9 heteroatoms. The number of carbonyl (C=O) groups excluding carboxylic acids is 2. The number of hydrogen-bond donors (Lipinski definition) is 1. The van der Waals surface area contributed by atoms with E-state index in [1.807, 2.05) is 21.1 Å². The van der Waals surface area contributed by atoms with Gasteiger partial charge in [-0.05, 0) is 128 Å². The molecular formula is C78H128NO8+. The van der Waals surface area contributed by atoms with Crippen molar-refractivity contribution in [3.63, 3.8) is 0 Å². The third-order valence-electron chi connectivity index (χ3n) is 14.3. The molecule has 0 amide bonds. The van der Waals surface area contributed by atoms with Crippen LogP contribution in [-0.2, 0) is 33.3 Å². The van der Waals surface area contributed by atoms with Crippen molar-refractivity contribution in [3.8, 4) is 0 Å². The van der Waals surface area contributed by atoms with Gasteiger partial charge in [0.15, 0.2) is 6.10 Å². The van der Waals surface area contributed by atoms with Crippen molar-refractivity contribution in [3.05, 3.63) is 158 Å². The molecule has 0 heterocycles. The zero-order chi connectivity index (χ0) is 63.3. The van der Waals surface area contributed by atoms with Crippen molar-refractivity contribution in [1.82, 2.24) is 0 Å². The van der Waals surface area contributed by atoms with Crippen LogP contribution in [-0.4, -0.2) is 87.4 Å². The van der Waals surface area contributed by atoms with Crippen LogP contribution in [0.4, 0.5) is 0 Å². The molecule has 0 radical (unpaired) electrons. The van der Waals surface area contributed by atoms with Crippen LogP contribution in [0.5, 0.6) is 0 Å². The van der Waals surface area contributed by atoms with Gasteiger partial charge in [0, 0.05) is 12.8 Å². The van der Waals surface area contributed by atoms with Gasteiger partial charge < -0.3 is 28.5 Å². The van der Waals surface area contributed by atoms with E-state index in [1.165, 1.54) is 83.5 Å². The zero-order valence-corrected chi connectivity index (χ0v) is 56.1. The summed E-state index contributed by atoms with van der Waals surface area (Å²) in [4.78, 5) is 37.6. The summed E-state index contributed by atoms with van der Waals surface area (Å²) in [6.45, 7) is 4.72. The van der Waals surface area contributed by atoms with Gasteiger partial charge in [-0.3, -0.25) is 9.59 Å². The lowest BCUT2D eigenvalue weighted by molar-refractivity contribution is -0.870. The highest BCUT2D eigenvalue weighted by molar-refractivity contribution is 5.71. The Morgan fingerprint density at radius 3 is 0.977 bits per heavy atom. The highest BCUT2D eigenvalue weighted by Gasteiger charge is 2.25. The van der Waals surface area contributed by atoms with Crippen molar-refractivity contribution < 1.29 is 42.9 Å². The molecule has 0 aliphatic heterocycles. The van der Waals surface area contributed by atoms with Crippen LogP contribution in [0.15, 0.2) is 158 Å². The number of quaternary nitrogens is 1. The molecule has 0 rings (SSSR count). The molecule has 0 saturated heterocycles. The molecule has 0 aromatic carbocycles. The topological polar surface area (TPSA) is 108 Å². The van der Waals surface area contributed by atoms with E-state index in [9.17, 15) is 19.5 Å². The number of hydrogen-bond acceptors (Lipinski definition) is 7. The van der Waals surface area contributed by atoms with E-state index in [1.54, 1.807) is 0 Å². The summed E-state index contributed by atoms with van der Waals surface area (Å²) in [5.41, 5.74) is 0. The third-order valence-corrected chi connectivity index (χ3v) is 14.3. The number of allylic oxidation sites excluding steroid dienone is 26. The number of rotatable bonds is 62. The Balaban J connectivity index is 4.24. The minimum Gasteiger partial charge on any atom is -0.477 e. The molecule has 492 valence electrons. The summed E-state index contributed by atoms with van der Waals surface area (Å²) >= 11 is 0. The fourth-order valence-electron chi connectivity index (χ4n) is 8.99. The first-order valence-electron chi connectivity index (χ1n) is 34.6. The number of esters is 2. The number of ether oxygens (including phenoxy) is 4. The Morgan fingerprint density at radius 1 is 0.356 bits per heavy atom. The number of unbranched alkanes of at least 4 members (excludes halogenated alkanes) is 21. The van der Waals surface area contributed by atoms with Crippen LogP contribution in [0.1, 0.15) is 258 Å². The van der Waals surface area contributed by atoms with Gasteiger partial charge in [0.1, 0.15) is 13.2 Å². The summed E-state index contributed by atoms with van der Waals surface area (Å²) in [6.07, 6.45) is 96.2. The van der Waals surface area contributed by atoms with Gasteiger partial charge in [-0.15, -0.1) is 0 Å². The normalized spacial score (nSPS) is 13.7. The highest BCUT2D eigenvalue weighted by Crippen LogP contribution is 2.15. The molecule has 9 nitrogen and oxygen atoms in total. The maximum absolute atomic E-state index is 12.9. The number of nitrogens with zero attached hydrogens (tertiary/aromatic N) is 1. The maximum Gasteiger partial charge on any atom is 0.361 e. The van der Waals surface area contributed by atoms with Crippen molar-refractivity contribution in [2.75, 3.05) is 47.5 Å². The molecule has 0 fully saturated rings. The second-order valence-corrected chi connectivity index (χ2v) is 23.7. The minimum atomic E-state index is -1.53. The maximum atomic E-state index is 12.9. The second kappa shape index (κ2) is 66.9. The Hall–Kier alpha value is -5.09. The molecule has 0 aliphatic rings. The van der Waals surface area contributed by atoms with Crippen molar-refractivity contribution in [2.45, 2.75) is 270 Å². The Bertz CT molecular complexity index is 1990. The van der Waals surface area contributed by atoms with Gasteiger partial charge in [0.25, 0.3) is 6.29 Å². The number of carbonyl (C=O) groups is 3. The minimum absolute atomic E-state index is 0.175. The lowest BCUT2D eigenvalue weighted by atomic mass is 10.1. The molecule has 0 aliphatic carbocycles. The smallest absolute Gasteiger partial charge is 0.361 e. The SMILES string of the molecule is CC/C=C\C/C=C\C/C=C\C/C=C\C/C=C\C/C=C\C/C=C\C/C=C\C/C=C\C/C=C\CCCCCCCCC(=O)OC(COC(=O)CCCCCCCCCCCC/C=C\C/C=C\C/C=C\CCCCCCC)COC(OCC[N+](C)(C)C)C(=O)O. The van der Waals surface area contributed by atoms with Crippen LogP contribution in [0.2, 0.25) is 0 Å². The van der Waals surface area contributed by atoms with Gasteiger partial charge in [-0.1, -0.05) is 275 Å². The van der Waals surface area contributed by atoms with E-state index in [4.69, 9.17) is 18.9 Å². The summed E-state index contributed by atoms with van der Waals surface area (Å²) < 4.78 is 22.9. The molecule has 87 heavy (non-hydrogen) atoms. The Morgan fingerprint density at radius 2 is 0.655 bits per heavy atom.